The van der Waals surface area contributed by atoms with Gasteiger partial charge in [0.15, 0.2) is 47.0 Å². The van der Waals surface area contributed by atoms with Gasteiger partial charge in [0.25, 0.3) is 0 Å². The molecule has 5 aliphatic heterocycles. The first-order chi connectivity index (χ1) is 30.1. The number of benzene rings is 8. The van der Waals surface area contributed by atoms with Crippen molar-refractivity contribution in [1.29, 1.82) is 0 Å². The molecule has 61 heavy (non-hydrogen) atoms. The lowest BCUT2D eigenvalue weighted by molar-refractivity contribution is -0.378. The van der Waals surface area contributed by atoms with Crippen molar-refractivity contribution < 1.29 is 9.88 Å². The van der Waals surface area contributed by atoms with E-state index in [1.807, 2.05) is 55.5 Å². The summed E-state index contributed by atoms with van der Waals surface area (Å²) in [4.78, 5) is 49.4. The van der Waals surface area contributed by atoms with Gasteiger partial charge in [-0.2, -0.15) is 5.06 Å². The maximum absolute atomic E-state index is 6.34. The molecule has 5 heterocycles. The summed E-state index contributed by atoms with van der Waals surface area (Å²) < 4.78 is 0. The van der Waals surface area contributed by atoms with Crippen molar-refractivity contribution in [2.24, 2.45) is 34.9 Å². The second-order valence-electron chi connectivity index (χ2n) is 15.7. The molecule has 0 saturated heterocycles. The molecular weight excluding hydrogens is 757 g/mol. The standard InChI is InChI=1S/C51H32N8O2/c1-2-19-60-61-59-50-42-26-34-17-9-7-15-32(34)24-40(42)48(57-50)55-46-38-22-30-13-5-3-11-28(30)20-36(38)44(53-46)52-45-37-21-29-12-4-6-14-31(29)23-39(37)47(54-45)56-49-41-25-33-16-8-10-18-35(33)27-43(41)51(59)58-49/h3-18,20-27,44H,2,19H2,1H3. The van der Waals surface area contributed by atoms with Crippen molar-refractivity contribution in [3.63, 3.8) is 0 Å². The Morgan fingerprint density at radius 1 is 0.410 bits per heavy atom. The van der Waals surface area contributed by atoms with Crippen LogP contribution < -0.4 is 0 Å². The van der Waals surface area contributed by atoms with Crippen LogP contribution in [-0.2, 0) is 9.88 Å². The van der Waals surface area contributed by atoms with Gasteiger partial charge < -0.3 is 0 Å². The van der Waals surface area contributed by atoms with E-state index < -0.39 is 6.17 Å². The average molecular weight is 789 g/mol. The molecule has 0 aliphatic carbocycles. The lowest BCUT2D eigenvalue weighted by atomic mass is 9.99. The lowest BCUT2D eigenvalue weighted by Gasteiger charge is -2.22. The molecule has 13 rings (SSSR count). The van der Waals surface area contributed by atoms with E-state index >= 15 is 0 Å². The topological polar surface area (TPSA) is 108 Å². The first-order valence-electron chi connectivity index (χ1n) is 20.5. The van der Waals surface area contributed by atoms with Gasteiger partial charge in [-0.1, -0.05) is 104 Å². The third-order valence-corrected chi connectivity index (χ3v) is 11.9. The zero-order chi connectivity index (χ0) is 40.2. The van der Waals surface area contributed by atoms with E-state index in [1.54, 1.807) is 5.06 Å². The highest BCUT2D eigenvalue weighted by molar-refractivity contribution is 6.35. The smallest absolute Gasteiger partial charge is 0.173 e. The van der Waals surface area contributed by atoms with Gasteiger partial charge in [0.2, 0.25) is 0 Å². The summed E-state index contributed by atoms with van der Waals surface area (Å²) >= 11 is 0. The first-order valence-corrected chi connectivity index (χ1v) is 20.5. The monoisotopic (exact) mass is 788 g/mol. The Labute approximate surface area is 348 Å². The minimum absolute atomic E-state index is 0.348. The number of amidine groups is 7. The SMILES string of the molecule is CCCOON1C2=NC(=NC3=NC(=NC4N=C(N=C5N=C1c1cc6ccccc6cc15)c1cc5ccccc5cc14)c1cc4ccccc4cc13)c1cc3ccccc3cc12. The van der Waals surface area contributed by atoms with E-state index in [2.05, 4.69) is 97.1 Å². The maximum Gasteiger partial charge on any atom is 0.173 e. The van der Waals surface area contributed by atoms with Crippen molar-refractivity contribution in [1.82, 2.24) is 5.06 Å². The van der Waals surface area contributed by atoms with Crippen molar-refractivity contribution >= 4 is 83.9 Å². The van der Waals surface area contributed by atoms with E-state index in [0.717, 1.165) is 94.0 Å². The molecule has 1 unspecified atom stereocenters. The van der Waals surface area contributed by atoms with Crippen LogP contribution in [-0.4, -0.2) is 52.5 Å². The molecule has 0 amide bonds. The molecule has 0 aromatic heterocycles. The maximum atomic E-state index is 6.34. The fraction of sp³-hybridized carbons (Fsp3) is 0.0784. The van der Waals surface area contributed by atoms with Crippen LogP contribution in [0.25, 0.3) is 43.1 Å². The summed E-state index contributed by atoms with van der Waals surface area (Å²) in [6.45, 7) is 2.38. The molecule has 10 heteroatoms. The molecular formula is C51H32N8O2. The Bertz CT molecular complexity index is 3520. The van der Waals surface area contributed by atoms with Crippen LogP contribution in [0.1, 0.15) is 64.0 Å². The largest absolute Gasteiger partial charge is 0.234 e. The second-order valence-corrected chi connectivity index (χ2v) is 15.7. The van der Waals surface area contributed by atoms with E-state index in [4.69, 9.17) is 44.8 Å². The minimum Gasteiger partial charge on any atom is -0.234 e. The van der Waals surface area contributed by atoms with Crippen LogP contribution >= 0.6 is 0 Å². The predicted octanol–water partition coefficient (Wildman–Crippen LogP) is 10.3. The van der Waals surface area contributed by atoms with Crippen LogP contribution in [0.4, 0.5) is 0 Å². The van der Waals surface area contributed by atoms with Gasteiger partial charge >= 0.3 is 0 Å². The predicted molar refractivity (Wildman–Crippen MR) is 243 cm³/mol. The van der Waals surface area contributed by atoms with Crippen molar-refractivity contribution in [3.8, 4) is 0 Å². The van der Waals surface area contributed by atoms with Crippen LogP contribution in [0, 0.1) is 0 Å². The summed E-state index contributed by atoms with van der Waals surface area (Å²) in [5, 5.41) is 10.1. The number of nitrogens with zero attached hydrogens (tertiary/aromatic N) is 8. The summed E-state index contributed by atoms with van der Waals surface area (Å²) in [5.74, 6) is 3.52. The zero-order valence-corrected chi connectivity index (χ0v) is 32.7. The molecule has 0 fully saturated rings. The van der Waals surface area contributed by atoms with Gasteiger partial charge in [0, 0.05) is 44.5 Å². The Hall–Kier alpha value is -7.79. The van der Waals surface area contributed by atoms with Gasteiger partial charge in [0.05, 0.1) is 6.61 Å². The number of hydrogen-bond acceptors (Lipinski definition) is 10. The second kappa shape index (κ2) is 13.1. The fourth-order valence-corrected chi connectivity index (χ4v) is 8.93. The fourth-order valence-electron chi connectivity index (χ4n) is 8.93. The number of hydroxylamine groups is 2. The van der Waals surface area contributed by atoms with Gasteiger partial charge in [-0.25, -0.2) is 39.8 Å². The van der Waals surface area contributed by atoms with Crippen LogP contribution in [0.2, 0.25) is 0 Å². The van der Waals surface area contributed by atoms with Gasteiger partial charge in [0.1, 0.15) is 0 Å². The Morgan fingerprint density at radius 3 is 1.21 bits per heavy atom. The summed E-state index contributed by atoms with van der Waals surface area (Å²) in [6.07, 6.45) is 0.116. The minimum atomic E-state index is -0.622. The van der Waals surface area contributed by atoms with Gasteiger partial charge in [-0.15, -0.1) is 4.99 Å². The van der Waals surface area contributed by atoms with Gasteiger partial charge in [-0.05, 0) is 98.0 Å². The van der Waals surface area contributed by atoms with E-state index in [0.29, 0.717) is 47.5 Å². The normalized spacial score (nSPS) is 17.0. The molecule has 0 saturated carbocycles. The highest BCUT2D eigenvalue weighted by atomic mass is 17.3. The van der Waals surface area contributed by atoms with E-state index in [-0.39, 0.29) is 0 Å². The molecule has 0 radical (unpaired) electrons. The molecule has 10 nitrogen and oxygen atoms in total. The van der Waals surface area contributed by atoms with Crippen LogP contribution in [0.15, 0.2) is 181 Å². The highest BCUT2D eigenvalue weighted by Gasteiger charge is 2.38. The number of fused-ring (bicyclic) bond motifs is 20. The molecule has 8 bridgehead atoms. The quantitative estimate of drug-likeness (QED) is 0.101. The van der Waals surface area contributed by atoms with Gasteiger partial charge in [-0.3, -0.25) is 0 Å². The molecule has 8 aromatic rings. The third-order valence-electron chi connectivity index (χ3n) is 11.9. The lowest BCUT2D eigenvalue weighted by Crippen LogP contribution is -2.37. The molecule has 5 aliphatic rings. The highest BCUT2D eigenvalue weighted by Crippen LogP contribution is 2.39. The molecule has 0 spiro atoms. The zero-order valence-electron chi connectivity index (χ0n) is 32.7. The van der Waals surface area contributed by atoms with E-state index in [1.165, 1.54) is 0 Å². The Kier molecular flexibility index (Phi) is 7.33. The van der Waals surface area contributed by atoms with Crippen molar-refractivity contribution in [3.05, 3.63) is 190 Å². The summed E-state index contributed by atoms with van der Waals surface area (Å²) in [6, 6.07) is 50.3. The average Bonchev–Trinajstić information content (AvgIpc) is 4.02. The number of aliphatic imine (C=N–C) groups is 7. The molecule has 0 N–H and O–H groups in total. The van der Waals surface area contributed by atoms with Crippen LogP contribution in [0.3, 0.4) is 0 Å². The first kappa shape index (κ1) is 34.1. The molecule has 8 aromatic carbocycles. The van der Waals surface area contributed by atoms with Crippen molar-refractivity contribution in [2.45, 2.75) is 19.5 Å². The van der Waals surface area contributed by atoms with E-state index in [9.17, 15) is 0 Å². The number of rotatable bonds is 4. The Balaban J connectivity index is 1.13. The molecule has 1 atom stereocenters. The van der Waals surface area contributed by atoms with Crippen LogP contribution in [0.5, 0.6) is 0 Å². The summed E-state index contributed by atoms with van der Waals surface area (Å²) in [5.41, 5.74) is 6.86. The third kappa shape index (κ3) is 5.33. The molecule has 288 valence electrons. The Morgan fingerprint density at radius 2 is 0.754 bits per heavy atom. The van der Waals surface area contributed by atoms with Crippen molar-refractivity contribution in [2.75, 3.05) is 6.61 Å². The number of hydrogen-bond donors (Lipinski definition) is 0. The summed E-state index contributed by atoms with van der Waals surface area (Å²) in [7, 11) is 0.